The van der Waals surface area contributed by atoms with Crippen LogP contribution in [0.4, 0.5) is 0 Å². The van der Waals surface area contributed by atoms with Gasteiger partial charge in [-0.2, -0.15) is 5.26 Å². The predicted octanol–water partition coefficient (Wildman–Crippen LogP) is 8.34. The quantitative estimate of drug-likeness (QED) is 0.324. The summed E-state index contributed by atoms with van der Waals surface area (Å²) in [6.07, 6.45) is 14.2. The number of nitriles is 1. The van der Waals surface area contributed by atoms with Crippen LogP contribution in [0.1, 0.15) is 82.0 Å². The van der Waals surface area contributed by atoms with Gasteiger partial charge in [-0.3, -0.25) is 0 Å². The lowest BCUT2D eigenvalue weighted by atomic mass is 9.45. The van der Waals surface area contributed by atoms with Gasteiger partial charge in [0.15, 0.2) is 0 Å². The number of thioether (sulfide) groups is 1. The zero-order valence-corrected chi connectivity index (χ0v) is 22.2. The lowest BCUT2D eigenvalue weighted by Crippen LogP contribution is -2.53. The Bertz CT molecular complexity index is 1180. The summed E-state index contributed by atoms with van der Waals surface area (Å²) in [6, 6.07) is 13.2. The van der Waals surface area contributed by atoms with Crippen molar-refractivity contribution >= 4 is 11.8 Å². The van der Waals surface area contributed by atoms with E-state index in [0.29, 0.717) is 11.3 Å². The van der Waals surface area contributed by atoms with Gasteiger partial charge in [0.25, 0.3) is 0 Å². The van der Waals surface area contributed by atoms with Gasteiger partial charge in [0.05, 0.1) is 11.3 Å². The summed E-state index contributed by atoms with van der Waals surface area (Å²) in [5, 5.41) is 11.2. The highest BCUT2D eigenvalue weighted by molar-refractivity contribution is 7.99. The molecule has 182 valence electrons. The van der Waals surface area contributed by atoms with Gasteiger partial charge in [-0.15, -0.1) is 18.3 Å². The molecule has 0 radical (unpaired) electrons. The molecule has 0 spiro atoms. The zero-order chi connectivity index (χ0) is 24.2. The first-order valence-electron chi connectivity index (χ1n) is 13.8. The third-order valence-electron chi connectivity index (χ3n) is 10.7. The molecule has 3 saturated carbocycles. The van der Waals surface area contributed by atoms with Gasteiger partial charge in [-0.25, -0.2) is 4.98 Å². The summed E-state index contributed by atoms with van der Waals surface area (Å²) in [5.74, 6) is 4.02. The molecule has 0 saturated heterocycles. The number of fused-ring (bicyclic) bond motifs is 7. The van der Waals surface area contributed by atoms with Crippen LogP contribution in [0.25, 0.3) is 11.1 Å². The Morgan fingerprint density at radius 3 is 2.69 bits per heavy atom. The van der Waals surface area contributed by atoms with E-state index in [0.717, 1.165) is 46.1 Å². The maximum absolute atomic E-state index is 10.3. The highest BCUT2D eigenvalue weighted by Gasteiger charge is 2.59. The zero-order valence-electron chi connectivity index (χ0n) is 21.4. The normalized spacial score (nSPS) is 35.2. The number of aromatic nitrogens is 1. The number of benzene rings is 1. The van der Waals surface area contributed by atoms with Crippen molar-refractivity contribution in [3.63, 3.8) is 0 Å². The lowest BCUT2D eigenvalue weighted by Gasteiger charge is -2.59. The molecule has 3 fully saturated rings. The minimum Gasteiger partial charge on any atom is -0.244 e. The SMILES string of the molecule is C=CCSc1nc2c(c(-c3ccccc3)c1C#N)C[C@H]1[C@@H]3CC[C@H]4CCCC[C@]4(C)[C@H]3CC[C@]21C. The first-order chi connectivity index (χ1) is 17.0. The van der Waals surface area contributed by atoms with Crippen LogP contribution in [-0.4, -0.2) is 10.7 Å². The summed E-state index contributed by atoms with van der Waals surface area (Å²) in [6.45, 7) is 9.09. The van der Waals surface area contributed by atoms with Crippen molar-refractivity contribution in [3.8, 4) is 17.2 Å². The Labute approximate surface area is 215 Å². The van der Waals surface area contributed by atoms with Crippen molar-refractivity contribution in [2.24, 2.45) is 29.1 Å². The average Bonchev–Trinajstić information content (AvgIpc) is 3.18. The minimum absolute atomic E-state index is 0.120. The van der Waals surface area contributed by atoms with Gasteiger partial charge in [-0.05, 0) is 85.2 Å². The number of nitrogens with zero attached hydrogens (tertiary/aromatic N) is 2. The van der Waals surface area contributed by atoms with E-state index in [-0.39, 0.29) is 5.41 Å². The molecule has 3 heteroatoms. The molecule has 2 aromatic rings. The highest BCUT2D eigenvalue weighted by atomic mass is 32.2. The second kappa shape index (κ2) is 8.81. The molecule has 0 aliphatic heterocycles. The van der Waals surface area contributed by atoms with E-state index in [1.54, 1.807) is 11.8 Å². The molecular weight excluding hydrogens is 444 g/mol. The molecule has 0 unspecified atom stereocenters. The number of hydrogen-bond acceptors (Lipinski definition) is 3. The second-order valence-corrected chi connectivity index (χ2v) is 13.1. The van der Waals surface area contributed by atoms with E-state index < -0.39 is 0 Å². The van der Waals surface area contributed by atoms with Crippen LogP contribution < -0.4 is 0 Å². The topological polar surface area (TPSA) is 36.7 Å². The molecule has 6 atom stereocenters. The summed E-state index contributed by atoms with van der Waals surface area (Å²) in [4.78, 5) is 5.33. The van der Waals surface area contributed by atoms with E-state index in [1.807, 2.05) is 6.08 Å². The summed E-state index contributed by atoms with van der Waals surface area (Å²) in [7, 11) is 0. The fourth-order valence-corrected chi connectivity index (χ4v) is 9.77. The molecule has 0 amide bonds. The molecule has 6 rings (SSSR count). The van der Waals surface area contributed by atoms with Crippen LogP contribution in [0.15, 0.2) is 48.0 Å². The van der Waals surface area contributed by atoms with E-state index in [2.05, 4.69) is 56.8 Å². The maximum Gasteiger partial charge on any atom is 0.115 e. The van der Waals surface area contributed by atoms with Gasteiger partial charge >= 0.3 is 0 Å². The maximum atomic E-state index is 10.3. The van der Waals surface area contributed by atoms with Crippen LogP contribution in [0, 0.1) is 40.4 Å². The first kappa shape index (κ1) is 23.4. The average molecular weight is 483 g/mol. The number of pyridine rings is 1. The third-order valence-corrected chi connectivity index (χ3v) is 11.7. The smallest absolute Gasteiger partial charge is 0.115 e. The van der Waals surface area contributed by atoms with Crippen LogP contribution in [0.3, 0.4) is 0 Å². The van der Waals surface area contributed by atoms with Crippen LogP contribution in [0.2, 0.25) is 0 Å². The Kier molecular flexibility index (Phi) is 5.88. The van der Waals surface area contributed by atoms with Gasteiger partial charge in [0.1, 0.15) is 11.1 Å². The van der Waals surface area contributed by atoms with Crippen LogP contribution in [-0.2, 0) is 11.8 Å². The Morgan fingerprint density at radius 2 is 1.91 bits per heavy atom. The second-order valence-electron chi connectivity index (χ2n) is 12.1. The third kappa shape index (κ3) is 3.46. The Balaban J connectivity index is 1.48. The van der Waals surface area contributed by atoms with E-state index in [9.17, 15) is 5.26 Å². The van der Waals surface area contributed by atoms with E-state index in [4.69, 9.17) is 4.98 Å². The first-order valence-corrected chi connectivity index (χ1v) is 14.8. The molecule has 0 bridgehead atoms. The molecule has 2 nitrogen and oxygen atoms in total. The van der Waals surface area contributed by atoms with Crippen LogP contribution >= 0.6 is 11.8 Å². The Hall–Kier alpha value is -2.05. The molecule has 1 aromatic carbocycles. The van der Waals surface area contributed by atoms with Gasteiger partial charge in [-0.1, -0.05) is 63.1 Å². The van der Waals surface area contributed by atoms with E-state index >= 15 is 0 Å². The van der Waals surface area contributed by atoms with Crippen molar-refractivity contribution in [1.29, 1.82) is 5.26 Å². The summed E-state index contributed by atoms with van der Waals surface area (Å²) >= 11 is 1.67. The summed E-state index contributed by atoms with van der Waals surface area (Å²) < 4.78 is 0. The standard InChI is InChI=1S/C32H38N2S/c1-4-18-35-30-25(20-33)28(21-10-6-5-7-11-21)24-19-27-23-14-13-22-12-8-9-16-31(22,2)26(23)15-17-32(27,3)29(24)34-30/h4-7,10-11,22-23,26-27H,1,8-9,12-19H2,2-3H3/t22-,23-,26+,27+,31+,32+/m1/s1. The molecule has 0 N–H and O–H groups in total. The van der Waals surface area contributed by atoms with Gasteiger partial charge in [0, 0.05) is 16.7 Å². The molecule has 4 aliphatic carbocycles. The van der Waals surface area contributed by atoms with Crippen molar-refractivity contribution in [2.45, 2.75) is 82.1 Å². The predicted molar refractivity (Wildman–Crippen MR) is 145 cm³/mol. The van der Waals surface area contributed by atoms with Gasteiger partial charge < -0.3 is 0 Å². The molecule has 35 heavy (non-hydrogen) atoms. The monoisotopic (exact) mass is 482 g/mol. The largest absolute Gasteiger partial charge is 0.244 e. The molecule has 4 aliphatic rings. The van der Waals surface area contributed by atoms with Crippen molar-refractivity contribution in [2.75, 3.05) is 5.75 Å². The summed E-state index contributed by atoms with van der Waals surface area (Å²) in [5.41, 5.74) is 6.44. The fraction of sp³-hybridized carbons (Fsp3) is 0.562. The van der Waals surface area contributed by atoms with Crippen molar-refractivity contribution in [1.82, 2.24) is 4.98 Å². The molecule has 1 aromatic heterocycles. The highest BCUT2D eigenvalue weighted by Crippen LogP contribution is 2.66. The number of hydrogen-bond donors (Lipinski definition) is 0. The minimum atomic E-state index is 0.120. The van der Waals surface area contributed by atoms with Crippen molar-refractivity contribution < 1.29 is 0 Å². The van der Waals surface area contributed by atoms with Crippen molar-refractivity contribution in [3.05, 3.63) is 59.8 Å². The fourth-order valence-electron chi connectivity index (χ4n) is 9.05. The number of rotatable bonds is 4. The lowest BCUT2D eigenvalue weighted by molar-refractivity contribution is -0.0908. The van der Waals surface area contributed by atoms with Crippen LogP contribution in [0.5, 0.6) is 0 Å². The van der Waals surface area contributed by atoms with E-state index in [1.165, 1.54) is 68.2 Å². The molecular formula is C32H38N2S. The van der Waals surface area contributed by atoms with Gasteiger partial charge in [0.2, 0.25) is 0 Å². The molecule has 1 heterocycles. The Morgan fingerprint density at radius 1 is 1.09 bits per heavy atom.